The van der Waals surface area contributed by atoms with E-state index in [9.17, 15) is 0 Å². The molecule has 0 bridgehead atoms. The Kier molecular flexibility index (Phi) is 5.64. The van der Waals surface area contributed by atoms with Gasteiger partial charge in [0.25, 0.3) is 0 Å². The highest BCUT2D eigenvalue weighted by Gasteiger charge is 2.24. The first-order valence-corrected chi connectivity index (χ1v) is 15.5. The van der Waals surface area contributed by atoms with E-state index in [2.05, 4.69) is 114 Å². The van der Waals surface area contributed by atoms with E-state index in [4.69, 9.17) is 15.0 Å². The van der Waals surface area contributed by atoms with Crippen molar-refractivity contribution in [2.24, 2.45) is 0 Å². The fourth-order valence-corrected chi connectivity index (χ4v) is 7.46. The predicted octanol–water partition coefficient (Wildman–Crippen LogP) is 10.3. The van der Waals surface area contributed by atoms with Crippen LogP contribution in [0, 0.1) is 0 Å². The number of para-hydroxylation sites is 2. The minimum absolute atomic E-state index is 0.658. The van der Waals surface area contributed by atoms with Crippen LogP contribution in [0.3, 0.4) is 0 Å². The average Bonchev–Trinajstić information content (AvgIpc) is 3.65. The van der Waals surface area contributed by atoms with Crippen LogP contribution in [0.1, 0.15) is 0 Å². The number of thiophene rings is 1. The van der Waals surface area contributed by atoms with Gasteiger partial charge in [-0.1, -0.05) is 115 Å². The van der Waals surface area contributed by atoms with Crippen LogP contribution in [0.15, 0.2) is 146 Å². The summed E-state index contributed by atoms with van der Waals surface area (Å²) in [6.45, 7) is 0. The quantitative estimate of drug-likeness (QED) is 0.208. The number of nitrogens with zero attached hydrogens (tertiary/aromatic N) is 4. The summed E-state index contributed by atoms with van der Waals surface area (Å²) in [5.41, 5.74) is 6.36. The zero-order chi connectivity index (χ0) is 29.0. The molecule has 3 aromatic heterocycles. The summed E-state index contributed by atoms with van der Waals surface area (Å²) in [7, 11) is 0. The van der Waals surface area contributed by atoms with Gasteiger partial charge in [-0.25, -0.2) is 15.0 Å². The summed E-state index contributed by atoms with van der Waals surface area (Å²) in [6, 6.07) is 50.7. The summed E-state index contributed by atoms with van der Waals surface area (Å²) < 4.78 is 4.88. The van der Waals surface area contributed by atoms with Crippen LogP contribution in [0.25, 0.3) is 81.8 Å². The molecule has 0 saturated heterocycles. The van der Waals surface area contributed by atoms with E-state index in [-0.39, 0.29) is 0 Å². The number of hydrogen-bond acceptors (Lipinski definition) is 4. The van der Waals surface area contributed by atoms with Crippen molar-refractivity contribution in [3.05, 3.63) is 146 Å². The third-order valence-corrected chi connectivity index (χ3v) is 9.35. The molecule has 0 N–H and O–H groups in total. The molecule has 9 aromatic rings. The first kappa shape index (κ1) is 24.9. The van der Waals surface area contributed by atoms with E-state index >= 15 is 0 Å². The smallest absolute Gasteiger partial charge is 0.164 e. The molecule has 44 heavy (non-hydrogen) atoms. The van der Waals surface area contributed by atoms with E-state index in [0.717, 1.165) is 33.3 Å². The van der Waals surface area contributed by atoms with Gasteiger partial charge in [-0.2, -0.15) is 0 Å². The Morgan fingerprint density at radius 2 is 1.00 bits per heavy atom. The van der Waals surface area contributed by atoms with Crippen molar-refractivity contribution in [3.63, 3.8) is 0 Å². The lowest BCUT2D eigenvalue weighted by molar-refractivity contribution is 1.08. The molecule has 0 aliphatic carbocycles. The molecule has 0 atom stereocenters. The Hall–Kier alpha value is -5.65. The molecule has 5 heteroatoms. The van der Waals surface area contributed by atoms with Crippen LogP contribution in [0.5, 0.6) is 0 Å². The molecule has 4 nitrogen and oxygen atoms in total. The first-order chi connectivity index (χ1) is 21.8. The van der Waals surface area contributed by atoms with Crippen molar-refractivity contribution < 1.29 is 0 Å². The number of aromatic nitrogens is 4. The van der Waals surface area contributed by atoms with Crippen LogP contribution < -0.4 is 0 Å². The van der Waals surface area contributed by atoms with Gasteiger partial charge in [-0.3, -0.25) is 0 Å². The van der Waals surface area contributed by atoms with E-state index in [1.165, 1.54) is 31.1 Å². The Bertz CT molecular complexity index is 2420. The van der Waals surface area contributed by atoms with Gasteiger partial charge >= 0.3 is 0 Å². The molecule has 9 rings (SSSR count). The monoisotopic (exact) mass is 580 g/mol. The Balaban J connectivity index is 1.47. The zero-order valence-electron chi connectivity index (χ0n) is 23.6. The Morgan fingerprint density at radius 1 is 0.455 bits per heavy atom. The molecule has 6 aromatic carbocycles. The van der Waals surface area contributed by atoms with Gasteiger partial charge in [-0.15, -0.1) is 11.3 Å². The third kappa shape index (κ3) is 3.87. The highest BCUT2D eigenvalue weighted by molar-refractivity contribution is 7.26. The number of benzene rings is 6. The Labute approximate surface area is 257 Å². The first-order valence-electron chi connectivity index (χ1n) is 14.6. The lowest BCUT2D eigenvalue weighted by Gasteiger charge is -2.12. The van der Waals surface area contributed by atoms with Gasteiger partial charge in [-0.05, 0) is 30.3 Å². The molecule has 0 unspecified atom stereocenters. The average molecular weight is 581 g/mol. The van der Waals surface area contributed by atoms with Crippen molar-refractivity contribution >= 4 is 53.3 Å². The fourth-order valence-electron chi connectivity index (χ4n) is 6.31. The number of fused-ring (bicyclic) bond motifs is 7. The summed E-state index contributed by atoms with van der Waals surface area (Å²) in [5, 5.41) is 4.82. The molecule has 0 radical (unpaired) electrons. The largest absolute Gasteiger partial charge is 0.309 e. The standard InChI is InChI=1S/C39H24N4S/c1-4-14-25(15-5-1)37-40-38(26-16-6-2-7-17-26)42-39(41-37)30-24-33-35(29-21-11-13-23-32(29)44-33)36-34(30)28-20-10-12-22-31(28)43(36)27-18-8-3-9-19-27/h1-24H. The van der Waals surface area contributed by atoms with Crippen molar-refractivity contribution in [1.82, 2.24) is 19.5 Å². The van der Waals surface area contributed by atoms with E-state index < -0.39 is 0 Å². The van der Waals surface area contributed by atoms with Gasteiger partial charge in [0.05, 0.1) is 11.0 Å². The molecule has 3 heterocycles. The van der Waals surface area contributed by atoms with Gasteiger partial charge in [0, 0.05) is 53.3 Å². The lowest BCUT2D eigenvalue weighted by Crippen LogP contribution is -2.00. The van der Waals surface area contributed by atoms with Crippen LogP contribution in [-0.4, -0.2) is 19.5 Å². The van der Waals surface area contributed by atoms with Crippen molar-refractivity contribution in [1.29, 1.82) is 0 Å². The normalized spacial score (nSPS) is 11.6. The van der Waals surface area contributed by atoms with Gasteiger partial charge in [0.1, 0.15) is 0 Å². The Morgan fingerprint density at radius 3 is 1.68 bits per heavy atom. The minimum atomic E-state index is 0.658. The second-order valence-electron chi connectivity index (χ2n) is 10.8. The van der Waals surface area contributed by atoms with Crippen molar-refractivity contribution in [3.8, 4) is 39.9 Å². The zero-order valence-corrected chi connectivity index (χ0v) is 24.4. The predicted molar refractivity (Wildman–Crippen MR) is 183 cm³/mol. The molecule has 0 saturated carbocycles. The maximum atomic E-state index is 5.17. The SMILES string of the molecule is c1ccc(-c2nc(-c3ccccc3)nc(-c3cc4sc5ccccc5c4c4c3c3ccccc3n4-c3ccccc3)n2)cc1. The molecule has 0 fully saturated rings. The van der Waals surface area contributed by atoms with E-state index in [1.807, 2.05) is 47.7 Å². The van der Waals surface area contributed by atoms with Gasteiger partial charge in [0.2, 0.25) is 0 Å². The van der Waals surface area contributed by atoms with Gasteiger partial charge < -0.3 is 4.57 Å². The van der Waals surface area contributed by atoms with Crippen LogP contribution >= 0.6 is 11.3 Å². The summed E-state index contributed by atoms with van der Waals surface area (Å²) in [4.78, 5) is 15.3. The molecule has 0 aliphatic heterocycles. The second-order valence-corrected chi connectivity index (χ2v) is 11.9. The highest BCUT2D eigenvalue weighted by atomic mass is 32.1. The second kappa shape index (κ2) is 9.97. The van der Waals surface area contributed by atoms with Crippen molar-refractivity contribution in [2.75, 3.05) is 0 Å². The highest BCUT2D eigenvalue weighted by Crippen LogP contribution is 2.47. The maximum Gasteiger partial charge on any atom is 0.164 e. The van der Waals surface area contributed by atoms with E-state index in [0.29, 0.717) is 17.5 Å². The fraction of sp³-hybridized carbons (Fsp3) is 0. The molecular weight excluding hydrogens is 557 g/mol. The summed E-state index contributed by atoms with van der Waals surface area (Å²) in [6.07, 6.45) is 0. The topological polar surface area (TPSA) is 43.6 Å². The van der Waals surface area contributed by atoms with E-state index in [1.54, 1.807) is 0 Å². The molecule has 206 valence electrons. The number of hydrogen-bond donors (Lipinski definition) is 0. The molecule has 0 spiro atoms. The van der Waals surface area contributed by atoms with Crippen molar-refractivity contribution in [2.45, 2.75) is 0 Å². The van der Waals surface area contributed by atoms with Crippen LogP contribution in [-0.2, 0) is 0 Å². The summed E-state index contributed by atoms with van der Waals surface area (Å²) >= 11 is 1.82. The van der Waals surface area contributed by atoms with Crippen LogP contribution in [0.2, 0.25) is 0 Å². The molecule has 0 aliphatic rings. The van der Waals surface area contributed by atoms with Crippen LogP contribution in [0.4, 0.5) is 0 Å². The third-order valence-electron chi connectivity index (χ3n) is 8.23. The summed E-state index contributed by atoms with van der Waals surface area (Å²) in [5.74, 6) is 1.98. The maximum absolute atomic E-state index is 5.17. The molecule has 0 amide bonds. The van der Waals surface area contributed by atoms with Gasteiger partial charge in [0.15, 0.2) is 17.5 Å². The molecular formula is C39H24N4S. The number of rotatable bonds is 4. The lowest BCUT2D eigenvalue weighted by atomic mass is 10.0. The minimum Gasteiger partial charge on any atom is -0.309 e.